The van der Waals surface area contributed by atoms with E-state index in [9.17, 15) is 4.79 Å². The first kappa shape index (κ1) is 16.9. The van der Waals surface area contributed by atoms with Crippen molar-refractivity contribution < 1.29 is 4.79 Å². The second kappa shape index (κ2) is 7.79. The van der Waals surface area contributed by atoms with Gasteiger partial charge in [0, 0.05) is 4.90 Å². The fraction of sp³-hybridized carbons (Fsp3) is 0.174. The number of hydrogen-bond donors (Lipinski definition) is 1. The molecule has 2 nitrogen and oxygen atoms in total. The molecule has 0 saturated heterocycles. The Kier molecular flexibility index (Phi) is 5.07. The summed E-state index contributed by atoms with van der Waals surface area (Å²) < 4.78 is 0. The summed E-state index contributed by atoms with van der Waals surface area (Å²) in [4.78, 5) is 14.2. The molecule has 0 saturated carbocycles. The second-order valence-corrected chi connectivity index (χ2v) is 7.82. The van der Waals surface area contributed by atoms with Gasteiger partial charge in [0.15, 0.2) is 0 Å². The van der Waals surface area contributed by atoms with Crippen LogP contribution in [0.15, 0.2) is 89.8 Å². The molecular weight excluding hydrogens is 338 g/mol. The molecule has 0 aliphatic carbocycles. The molecule has 2 atom stereocenters. The second-order valence-electron chi connectivity index (χ2n) is 6.58. The maximum Gasteiger partial charge on any atom is 0.234 e. The zero-order valence-electron chi connectivity index (χ0n) is 14.5. The van der Waals surface area contributed by atoms with Crippen molar-refractivity contribution in [3.63, 3.8) is 0 Å². The Balaban J connectivity index is 1.51. The maximum absolute atomic E-state index is 13.0. The lowest BCUT2D eigenvalue weighted by atomic mass is 9.98. The Morgan fingerprint density at radius 2 is 1.58 bits per heavy atom. The summed E-state index contributed by atoms with van der Waals surface area (Å²) in [5.41, 5.74) is 3.64. The molecule has 0 spiro atoms. The molecule has 1 aliphatic heterocycles. The van der Waals surface area contributed by atoms with Crippen LogP contribution in [0.1, 0.15) is 22.7 Å². The van der Waals surface area contributed by atoms with Crippen LogP contribution in [0.3, 0.4) is 0 Å². The summed E-state index contributed by atoms with van der Waals surface area (Å²) in [7, 11) is 0. The standard InChI is InChI=1S/C23H21NOS/c25-23(22-16-19-13-7-8-14-21(19)26-22)24-20(18-11-5-2-6-12-18)15-17-9-3-1-4-10-17/h1-14,20,22H,15-16H2,(H,24,25)/t20-,22+/m1/s1. The first-order valence-corrected chi connectivity index (χ1v) is 9.81. The number of carbonyl (C=O) groups is 1. The van der Waals surface area contributed by atoms with Crippen molar-refractivity contribution in [1.29, 1.82) is 0 Å². The molecule has 0 fully saturated rings. The van der Waals surface area contributed by atoms with Gasteiger partial charge in [-0.2, -0.15) is 0 Å². The fourth-order valence-corrected chi connectivity index (χ4v) is 4.58. The summed E-state index contributed by atoms with van der Waals surface area (Å²) >= 11 is 1.68. The van der Waals surface area contributed by atoms with Gasteiger partial charge in [0.05, 0.1) is 11.3 Å². The summed E-state index contributed by atoms with van der Waals surface area (Å²) in [5.74, 6) is 0.121. The topological polar surface area (TPSA) is 29.1 Å². The highest BCUT2D eigenvalue weighted by Crippen LogP contribution is 2.37. The first-order chi connectivity index (χ1) is 12.8. The van der Waals surface area contributed by atoms with E-state index in [0.717, 1.165) is 18.4 Å². The zero-order chi connectivity index (χ0) is 17.8. The number of thioether (sulfide) groups is 1. The predicted molar refractivity (Wildman–Crippen MR) is 107 cm³/mol. The first-order valence-electron chi connectivity index (χ1n) is 8.93. The van der Waals surface area contributed by atoms with Crippen molar-refractivity contribution in [1.82, 2.24) is 5.32 Å². The van der Waals surface area contributed by atoms with Crippen LogP contribution in [0, 0.1) is 0 Å². The van der Waals surface area contributed by atoms with Crippen molar-refractivity contribution >= 4 is 17.7 Å². The van der Waals surface area contributed by atoms with Gasteiger partial charge in [0.2, 0.25) is 5.91 Å². The molecular formula is C23H21NOS. The smallest absolute Gasteiger partial charge is 0.234 e. The van der Waals surface area contributed by atoms with Gasteiger partial charge in [0.1, 0.15) is 0 Å². The van der Waals surface area contributed by atoms with Crippen molar-refractivity contribution in [2.24, 2.45) is 0 Å². The number of rotatable bonds is 5. The zero-order valence-corrected chi connectivity index (χ0v) is 15.3. The SMILES string of the molecule is O=C(N[C@H](Cc1ccccc1)c1ccccc1)[C@@H]1Cc2ccccc2S1. The molecule has 0 unspecified atom stereocenters. The van der Waals surface area contributed by atoms with Crippen molar-refractivity contribution in [2.75, 3.05) is 0 Å². The lowest BCUT2D eigenvalue weighted by Crippen LogP contribution is -2.36. The van der Waals surface area contributed by atoms with E-state index >= 15 is 0 Å². The van der Waals surface area contributed by atoms with Gasteiger partial charge in [0.25, 0.3) is 0 Å². The normalized spacial score (nSPS) is 16.7. The average molecular weight is 359 g/mol. The van der Waals surface area contributed by atoms with E-state index in [1.807, 2.05) is 48.5 Å². The summed E-state index contributed by atoms with van der Waals surface area (Å²) in [6, 6.07) is 28.9. The van der Waals surface area contributed by atoms with Crippen molar-refractivity contribution in [3.05, 3.63) is 102 Å². The Hall–Kier alpha value is -2.52. The predicted octanol–water partition coefficient (Wildman–Crippen LogP) is 4.80. The van der Waals surface area contributed by atoms with E-state index in [4.69, 9.17) is 0 Å². The highest BCUT2D eigenvalue weighted by atomic mass is 32.2. The third-order valence-corrected chi connectivity index (χ3v) is 6.06. The summed E-state index contributed by atoms with van der Waals surface area (Å²) in [5, 5.41) is 3.25. The van der Waals surface area contributed by atoms with Gasteiger partial charge in [-0.25, -0.2) is 0 Å². The van der Waals surface area contributed by atoms with Crippen LogP contribution < -0.4 is 5.32 Å². The number of amides is 1. The minimum atomic E-state index is -0.0469. The molecule has 3 aromatic carbocycles. The monoisotopic (exact) mass is 359 g/mol. The third-order valence-electron chi connectivity index (χ3n) is 4.74. The van der Waals surface area contributed by atoms with E-state index in [0.29, 0.717) is 0 Å². The number of hydrogen-bond acceptors (Lipinski definition) is 2. The number of benzene rings is 3. The Morgan fingerprint density at radius 1 is 0.923 bits per heavy atom. The van der Waals surface area contributed by atoms with E-state index in [1.54, 1.807) is 11.8 Å². The molecule has 26 heavy (non-hydrogen) atoms. The minimum absolute atomic E-state index is 0.0181. The molecule has 1 N–H and O–H groups in total. The van der Waals surface area contributed by atoms with E-state index in [-0.39, 0.29) is 17.2 Å². The minimum Gasteiger partial charge on any atom is -0.348 e. The van der Waals surface area contributed by atoms with Gasteiger partial charge in [-0.3, -0.25) is 4.79 Å². The molecule has 130 valence electrons. The van der Waals surface area contributed by atoms with Crippen molar-refractivity contribution in [3.8, 4) is 0 Å². The van der Waals surface area contributed by atoms with E-state index in [1.165, 1.54) is 16.0 Å². The Morgan fingerprint density at radius 3 is 2.31 bits per heavy atom. The van der Waals surface area contributed by atoms with Crippen LogP contribution in [-0.2, 0) is 17.6 Å². The molecule has 1 aliphatic rings. The molecule has 1 amide bonds. The van der Waals surface area contributed by atoms with Gasteiger partial charge >= 0.3 is 0 Å². The van der Waals surface area contributed by atoms with E-state index < -0.39 is 0 Å². The highest BCUT2D eigenvalue weighted by Gasteiger charge is 2.29. The summed E-state index contributed by atoms with van der Waals surface area (Å²) in [6.45, 7) is 0. The molecule has 4 rings (SSSR count). The van der Waals surface area contributed by atoms with Crippen LogP contribution in [0.25, 0.3) is 0 Å². The van der Waals surface area contributed by atoms with Gasteiger partial charge < -0.3 is 5.32 Å². The molecule has 3 heteroatoms. The highest BCUT2D eigenvalue weighted by molar-refractivity contribution is 8.01. The number of carbonyl (C=O) groups excluding carboxylic acids is 1. The Labute approximate surface area is 158 Å². The molecule has 0 aromatic heterocycles. The van der Waals surface area contributed by atoms with Crippen LogP contribution >= 0.6 is 11.8 Å². The van der Waals surface area contributed by atoms with Crippen LogP contribution in [0.2, 0.25) is 0 Å². The molecule has 0 radical (unpaired) electrons. The lowest BCUT2D eigenvalue weighted by molar-refractivity contribution is -0.121. The average Bonchev–Trinajstić information content (AvgIpc) is 3.13. The van der Waals surface area contributed by atoms with Crippen molar-refractivity contribution in [2.45, 2.75) is 29.0 Å². The van der Waals surface area contributed by atoms with Crippen LogP contribution in [-0.4, -0.2) is 11.2 Å². The number of nitrogens with one attached hydrogen (secondary N) is 1. The van der Waals surface area contributed by atoms with Crippen LogP contribution in [0.5, 0.6) is 0 Å². The third kappa shape index (κ3) is 3.83. The molecule has 0 bridgehead atoms. The maximum atomic E-state index is 13.0. The quantitative estimate of drug-likeness (QED) is 0.709. The molecule has 1 heterocycles. The fourth-order valence-electron chi connectivity index (χ4n) is 3.38. The lowest BCUT2D eigenvalue weighted by Gasteiger charge is -2.21. The largest absolute Gasteiger partial charge is 0.348 e. The number of fused-ring (bicyclic) bond motifs is 1. The molecule has 3 aromatic rings. The van der Waals surface area contributed by atoms with Gasteiger partial charge in [-0.05, 0) is 35.6 Å². The van der Waals surface area contributed by atoms with Gasteiger partial charge in [-0.15, -0.1) is 11.8 Å². The van der Waals surface area contributed by atoms with Crippen LogP contribution in [0.4, 0.5) is 0 Å². The van der Waals surface area contributed by atoms with Gasteiger partial charge in [-0.1, -0.05) is 78.9 Å². The summed E-state index contributed by atoms with van der Waals surface area (Å²) in [6.07, 6.45) is 1.60. The Bertz CT molecular complexity index is 854. The van der Waals surface area contributed by atoms with E-state index in [2.05, 4.69) is 41.7 Å².